The van der Waals surface area contributed by atoms with E-state index in [-0.39, 0.29) is 0 Å². The van der Waals surface area contributed by atoms with Crippen molar-refractivity contribution in [3.8, 4) is 5.75 Å². The summed E-state index contributed by atoms with van der Waals surface area (Å²) >= 11 is 6.00. The van der Waals surface area contributed by atoms with Crippen molar-refractivity contribution >= 4 is 17.6 Å². The van der Waals surface area contributed by atoms with E-state index >= 15 is 0 Å². The minimum atomic E-state index is 0.538. The molecule has 0 radical (unpaired) electrons. The molecule has 0 heterocycles. The zero-order valence-electron chi connectivity index (χ0n) is 14.6. The Hall–Kier alpha value is -2.24. The fourth-order valence-electron chi connectivity index (χ4n) is 2.23. The van der Waals surface area contributed by atoms with E-state index < -0.39 is 0 Å². The van der Waals surface area contributed by atoms with Crippen molar-refractivity contribution in [2.24, 2.45) is 4.99 Å². The summed E-state index contributed by atoms with van der Waals surface area (Å²) in [4.78, 5) is 4.24. The van der Waals surface area contributed by atoms with E-state index in [1.54, 1.807) is 14.2 Å². The molecule has 0 bridgehead atoms. The molecular weight excluding hydrogens is 338 g/mol. The van der Waals surface area contributed by atoms with E-state index in [9.17, 15) is 0 Å². The minimum absolute atomic E-state index is 0.538. The molecule has 0 saturated heterocycles. The molecular formula is C19H24ClN3O2. The van der Waals surface area contributed by atoms with Crippen LogP contribution in [0.2, 0.25) is 5.02 Å². The number of benzene rings is 2. The summed E-state index contributed by atoms with van der Waals surface area (Å²) in [6, 6.07) is 15.7. The van der Waals surface area contributed by atoms with Crippen molar-refractivity contribution in [2.75, 3.05) is 27.4 Å². The molecule has 0 fully saturated rings. The van der Waals surface area contributed by atoms with Gasteiger partial charge in [-0.2, -0.15) is 0 Å². The lowest BCUT2D eigenvalue weighted by Crippen LogP contribution is -2.36. The van der Waals surface area contributed by atoms with Gasteiger partial charge >= 0.3 is 0 Å². The summed E-state index contributed by atoms with van der Waals surface area (Å²) in [5.41, 5.74) is 2.21. The van der Waals surface area contributed by atoms with Crippen molar-refractivity contribution in [2.45, 2.75) is 13.1 Å². The first-order valence-corrected chi connectivity index (χ1v) is 8.48. The van der Waals surface area contributed by atoms with Gasteiger partial charge in [-0.3, -0.25) is 4.99 Å². The first kappa shape index (κ1) is 19.1. The quantitative estimate of drug-likeness (QED) is 0.430. The van der Waals surface area contributed by atoms with Gasteiger partial charge in [-0.15, -0.1) is 0 Å². The summed E-state index contributed by atoms with van der Waals surface area (Å²) < 4.78 is 10.6. The highest BCUT2D eigenvalue weighted by atomic mass is 35.5. The fourth-order valence-corrected chi connectivity index (χ4v) is 2.44. The minimum Gasteiger partial charge on any atom is -0.491 e. The SMILES string of the molecule is CN=C(NCc1cccc(Cl)c1)NCc1cccc(OCCOC)c1. The second-order valence-corrected chi connectivity index (χ2v) is 5.83. The summed E-state index contributed by atoms with van der Waals surface area (Å²) in [5.74, 6) is 1.56. The molecule has 0 saturated carbocycles. The predicted octanol–water partition coefficient (Wildman–Crippen LogP) is 3.23. The number of nitrogens with zero attached hydrogens (tertiary/aromatic N) is 1. The van der Waals surface area contributed by atoms with Crippen LogP contribution in [-0.4, -0.2) is 33.3 Å². The third-order valence-electron chi connectivity index (χ3n) is 3.49. The largest absolute Gasteiger partial charge is 0.491 e. The first-order valence-electron chi connectivity index (χ1n) is 8.11. The molecule has 134 valence electrons. The van der Waals surface area contributed by atoms with Crippen molar-refractivity contribution in [1.29, 1.82) is 0 Å². The second kappa shape index (κ2) is 10.6. The number of aliphatic imine (C=N–C) groups is 1. The van der Waals surface area contributed by atoms with E-state index in [0.717, 1.165) is 27.9 Å². The zero-order chi connectivity index (χ0) is 17.9. The highest BCUT2D eigenvalue weighted by Gasteiger charge is 2.01. The van der Waals surface area contributed by atoms with E-state index in [4.69, 9.17) is 21.1 Å². The van der Waals surface area contributed by atoms with Crippen LogP contribution in [-0.2, 0) is 17.8 Å². The van der Waals surface area contributed by atoms with Gasteiger partial charge in [0.25, 0.3) is 0 Å². The smallest absolute Gasteiger partial charge is 0.191 e. The van der Waals surface area contributed by atoms with Gasteiger partial charge in [-0.1, -0.05) is 35.9 Å². The average molecular weight is 362 g/mol. The molecule has 2 N–H and O–H groups in total. The highest BCUT2D eigenvalue weighted by molar-refractivity contribution is 6.30. The van der Waals surface area contributed by atoms with Gasteiger partial charge in [0.1, 0.15) is 12.4 Å². The summed E-state index contributed by atoms with van der Waals surface area (Å²) in [5, 5.41) is 7.29. The molecule has 0 unspecified atom stereocenters. The molecule has 0 atom stereocenters. The molecule has 0 spiro atoms. The number of guanidine groups is 1. The van der Waals surface area contributed by atoms with E-state index in [0.29, 0.717) is 26.3 Å². The van der Waals surface area contributed by atoms with E-state index in [2.05, 4.69) is 15.6 Å². The molecule has 0 amide bonds. The second-order valence-electron chi connectivity index (χ2n) is 5.40. The number of nitrogens with one attached hydrogen (secondary N) is 2. The van der Waals surface area contributed by atoms with Crippen LogP contribution >= 0.6 is 11.6 Å². The zero-order valence-corrected chi connectivity index (χ0v) is 15.3. The fraction of sp³-hybridized carbons (Fsp3) is 0.316. The van der Waals surface area contributed by atoms with Crippen molar-refractivity contribution in [3.63, 3.8) is 0 Å². The Labute approximate surface area is 154 Å². The van der Waals surface area contributed by atoms with Gasteiger partial charge < -0.3 is 20.1 Å². The van der Waals surface area contributed by atoms with Crippen LogP contribution in [0.4, 0.5) is 0 Å². The Balaban J connectivity index is 1.83. The molecule has 25 heavy (non-hydrogen) atoms. The Morgan fingerprint density at radius 1 is 1.00 bits per heavy atom. The molecule has 2 rings (SSSR count). The lowest BCUT2D eigenvalue weighted by atomic mass is 10.2. The van der Waals surface area contributed by atoms with Gasteiger partial charge in [0, 0.05) is 32.3 Å². The summed E-state index contributed by atoms with van der Waals surface area (Å²) in [6.45, 7) is 2.41. The Morgan fingerprint density at radius 3 is 2.32 bits per heavy atom. The van der Waals surface area contributed by atoms with Crippen LogP contribution in [0.1, 0.15) is 11.1 Å². The normalized spacial score (nSPS) is 11.2. The predicted molar refractivity (Wildman–Crippen MR) is 102 cm³/mol. The molecule has 0 aliphatic heterocycles. The first-order chi connectivity index (χ1) is 12.2. The molecule has 0 aromatic heterocycles. The van der Waals surface area contributed by atoms with E-state index in [1.165, 1.54) is 0 Å². The maximum absolute atomic E-state index is 6.00. The third kappa shape index (κ3) is 7.03. The standard InChI is InChI=1S/C19H24ClN3O2/c1-21-19(22-13-15-5-3-7-17(20)11-15)23-14-16-6-4-8-18(12-16)25-10-9-24-2/h3-8,11-12H,9-10,13-14H2,1-2H3,(H2,21,22,23). The van der Waals surface area contributed by atoms with Crippen LogP contribution in [0.5, 0.6) is 5.75 Å². The van der Waals surface area contributed by atoms with Crippen LogP contribution in [0.3, 0.4) is 0 Å². The van der Waals surface area contributed by atoms with Gasteiger partial charge in [0.2, 0.25) is 0 Å². The van der Waals surface area contributed by atoms with Crippen LogP contribution in [0.15, 0.2) is 53.5 Å². The molecule has 5 nitrogen and oxygen atoms in total. The lowest BCUT2D eigenvalue weighted by molar-refractivity contribution is 0.146. The Bertz CT molecular complexity index is 692. The Kier molecular flexibility index (Phi) is 8.09. The van der Waals surface area contributed by atoms with Crippen molar-refractivity contribution in [3.05, 3.63) is 64.7 Å². The van der Waals surface area contributed by atoms with Crippen LogP contribution < -0.4 is 15.4 Å². The molecule has 2 aromatic rings. The number of rotatable bonds is 8. The molecule has 6 heteroatoms. The molecule has 0 aliphatic rings. The average Bonchev–Trinajstić information content (AvgIpc) is 2.62. The topological polar surface area (TPSA) is 54.9 Å². The van der Waals surface area contributed by atoms with Crippen molar-refractivity contribution < 1.29 is 9.47 Å². The third-order valence-corrected chi connectivity index (χ3v) is 3.72. The number of halogens is 1. The molecule has 0 aliphatic carbocycles. The van der Waals surface area contributed by atoms with Gasteiger partial charge in [0.05, 0.1) is 6.61 Å². The van der Waals surface area contributed by atoms with E-state index in [1.807, 2.05) is 48.5 Å². The van der Waals surface area contributed by atoms with Crippen molar-refractivity contribution in [1.82, 2.24) is 10.6 Å². The maximum Gasteiger partial charge on any atom is 0.191 e. The number of ether oxygens (including phenoxy) is 2. The number of methoxy groups -OCH3 is 1. The van der Waals surface area contributed by atoms with Crippen LogP contribution in [0, 0.1) is 0 Å². The maximum atomic E-state index is 6.00. The summed E-state index contributed by atoms with van der Waals surface area (Å²) in [6.07, 6.45) is 0. The molecule has 2 aromatic carbocycles. The number of hydrogen-bond acceptors (Lipinski definition) is 3. The Morgan fingerprint density at radius 2 is 1.68 bits per heavy atom. The summed E-state index contributed by atoms with van der Waals surface area (Å²) in [7, 11) is 3.41. The van der Waals surface area contributed by atoms with Gasteiger partial charge in [-0.05, 0) is 35.4 Å². The highest BCUT2D eigenvalue weighted by Crippen LogP contribution is 2.13. The monoisotopic (exact) mass is 361 g/mol. The van der Waals surface area contributed by atoms with Gasteiger partial charge in [0.15, 0.2) is 5.96 Å². The van der Waals surface area contributed by atoms with Crippen LogP contribution in [0.25, 0.3) is 0 Å². The lowest BCUT2D eigenvalue weighted by Gasteiger charge is -2.13. The number of hydrogen-bond donors (Lipinski definition) is 2. The van der Waals surface area contributed by atoms with Gasteiger partial charge in [-0.25, -0.2) is 0 Å².